The Bertz CT molecular complexity index is 850. The van der Waals surface area contributed by atoms with E-state index in [0.29, 0.717) is 11.3 Å². The topological polar surface area (TPSA) is 76.4 Å². The molecule has 2 aromatic rings. The highest BCUT2D eigenvalue weighted by atomic mass is 19.1. The molecule has 0 aromatic heterocycles. The smallest absolute Gasteiger partial charge is 0.349 e. The Hall–Kier alpha value is -3.46. The summed E-state index contributed by atoms with van der Waals surface area (Å²) in [4.78, 5) is 23.8. The lowest BCUT2D eigenvalue weighted by Crippen LogP contribution is -2.15. The predicted octanol–water partition coefficient (Wildman–Crippen LogP) is 3.17. The lowest BCUT2D eigenvalue weighted by Gasteiger charge is -2.04. The number of ether oxygens (including phenoxy) is 2. The molecule has 6 heteroatoms. The number of ketones is 1. The average molecular weight is 339 g/mol. The van der Waals surface area contributed by atoms with Gasteiger partial charge in [-0.2, -0.15) is 5.26 Å². The number of Topliss-reactive ketones (excluding diaryl/α,β-unsaturated/α-hetero) is 1. The van der Waals surface area contributed by atoms with Crippen LogP contribution < -0.4 is 4.74 Å². The van der Waals surface area contributed by atoms with Crippen LogP contribution in [0.5, 0.6) is 5.75 Å². The molecule has 0 saturated heterocycles. The summed E-state index contributed by atoms with van der Waals surface area (Å²) in [5.74, 6) is -1.41. The van der Waals surface area contributed by atoms with Crippen molar-refractivity contribution in [3.63, 3.8) is 0 Å². The van der Waals surface area contributed by atoms with Gasteiger partial charge in [0.05, 0.1) is 7.11 Å². The van der Waals surface area contributed by atoms with Crippen LogP contribution in [0.1, 0.15) is 15.9 Å². The minimum Gasteiger partial charge on any atom is -0.497 e. The SMILES string of the molecule is COc1ccc(/C=C(\C#N)C(=O)OCC(=O)c2cccc(F)c2)cc1. The number of carbonyl (C=O) groups excluding carboxylic acids is 2. The molecular formula is C19H14FNO4. The standard InChI is InChI=1S/C19H14FNO4/c1-24-17-7-5-13(6-8-17)9-15(11-21)19(23)25-12-18(22)14-3-2-4-16(20)10-14/h2-10H,12H2,1H3/b15-9+. The Balaban J connectivity index is 2.03. The van der Waals surface area contributed by atoms with Crippen LogP contribution in [-0.4, -0.2) is 25.5 Å². The van der Waals surface area contributed by atoms with Gasteiger partial charge in [-0.1, -0.05) is 24.3 Å². The molecule has 0 aliphatic rings. The second kappa shape index (κ2) is 8.41. The highest BCUT2D eigenvalue weighted by molar-refractivity contribution is 6.01. The van der Waals surface area contributed by atoms with Crippen LogP contribution in [0.15, 0.2) is 54.1 Å². The molecule has 0 radical (unpaired) electrons. The van der Waals surface area contributed by atoms with E-state index in [1.165, 1.54) is 31.4 Å². The fraction of sp³-hybridized carbons (Fsp3) is 0.105. The summed E-state index contributed by atoms with van der Waals surface area (Å²) in [5.41, 5.74) is 0.438. The van der Waals surface area contributed by atoms with Crippen molar-refractivity contribution in [1.82, 2.24) is 0 Å². The second-order valence-corrected chi connectivity index (χ2v) is 4.95. The summed E-state index contributed by atoms with van der Waals surface area (Å²) in [5, 5.41) is 9.10. The Morgan fingerprint density at radius 1 is 1.20 bits per heavy atom. The van der Waals surface area contributed by atoms with E-state index in [1.54, 1.807) is 30.3 Å². The maximum absolute atomic E-state index is 13.1. The van der Waals surface area contributed by atoms with Crippen LogP contribution >= 0.6 is 0 Å². The van der Waals surface area contributed by atoms with Crippen LogP contribution in [0.2, 0.25) is 0 Å². The molecule has 2 aromatic carbocycles. The molecular weight excluding hydrogens is 325 g/mol. The molecule has 0 N–H and O–H groups in total. The fourth-order valence-corrected chi connectivity index (χ4v) is 1.96. The van der Waals surface area contributed by atoms with Crippen LogP contribution in [0.4, 0.5) is 4.39 Å². The Labute approximate surface area is 143 Å². The van der Waals surface area contributed by atoms with Gasteiger partial charge in [-0.25, -0.2) is 9.18 Å². The lowest BCUT2D eigenvalue weighted by molar-refractivity contribution is -0.137. The van der Waals surface area contributed by atoms with Crippen LogP contribution in [0, 0.1) is 17.1 Å². The Kier molecular flexibility index (Phi) is 6.02. The van der Waals surface area contributed by atoms with Gasteiger partial charge in [0.2, 0.25) is 0 Å². The van der Waals surface area contributed by atoms with E-state index in [-0.39, 0.29) is 11.1 Å². The molecule has 0 amide bonds. The summed E-state index contributed by atoms with van der Waals surface area (Å²) < 4.78 is 22.9. The Morgan fingerprint density at radius 3 is 2.52 bits per heavy atom. The molecule has 0 heterocycles. The van der Waals surface area contributed by atoms with Crippen molar-refractivity contribution in [1.29, 1.82) is 5.26 Å². The summed E-state index contributed by atoms with van der Waals surface area (Å²) in [7, 11) is 1.53. The number of carbonyl (C=O) groups is 2. The zero-order chi connectivity index (χ0) is 18.2. The maximum atomic E-state index is 13.1. The molecule has 5 nitrogen and oxygen atoms in total. The van der Waals surface area contributed by atoms with Crippen molar-refractivity contribution in [3.8, 4) is 11.8 Å². The van der Waals surface area contributed by atoms with Crippen molar-refractivity contribution >= 4 is 17.8 Å². The zero-order valence-corrected chi connectivity index (χ0v) is 13.4. The predicted molar refractivity (Wildman–Crippen MR) is 88.3 cm³/mol. The van der Waals surface area contributed by atoms with Gasteiger partial charge in [-0.3, -0.25) is 4.79 Å². The highest BCUT2D eigenvalue weighted by Gasteiger charge is 2.14. The molecule has 0 saturated carbocycles. The molecule has 0 fully saturated rings. The molecule has 25 heavy (non-hydrogen) atoms. The summed E-state index contributed by atoms with van der Waals surface area (Å²) in [6.07, 6.45) is 1.34. The third-order valence-electron chi connectivity index (χ3n) is 3.25. The van der Waals surface area contributed by atoms with Crippen molar-refractivity contribution in [2.75, 3.05) is 13.7 Å². The van der Waals surface area contributed by atoms with E-state index < -0.39 is 24.2 Å². The molecule has 0 unspecified atom stereocenters. The minimum atomic E-state index is -0.928. The van der Waals surface area contributed by atoms with Gasteiger partial charge in [-0.15, -0.1) is 0 Å². The van der Waals surface area contributed by atoms with Crippen LogP contribution in [0.25, 0.3) is 6.08 Å². The second-order valence-electron chi connectivity index (χ2n) is 4.95. The van der Waals surface area contributed by atoms with E-state index >= 15 is 0 Å². The Morgan fingerprint density at radius 2 is 1.92 bits per heavy atom. The third kappa shape index (κ3) is 5.01. The van der Waals surface area contributed by atoms with Gasteiger partial charge in [0.15, 0.2) is 12.4 Å². The van der Waals surface area contributed by atoms with Crippen LogP contribution in [0.3, 0.4) is 0 Å². The fourth-order valence-electron chi connectivity index (χ4n) is 1.96. The quantitative estimate of drug-likeness (QED) is 0.350. The third-order valence-corrected chi connectivity index (χ3v) is 3.25. The van der Waals surface area contributed by atoms with Crippen LogP contribution in [-0.2, 0) is 9.53 Å². The number of nitriles is 1. The normalized spacial score (nSPS) is 10.7. The molecule has 126 valence electrons. The van der Waals surface area contributed by atoms with Crippen molar-refractivity contribution < 1.29 is 23.5 Å². The minimum absolute atomic E-state index is 0.0884. The van der Waals surface area contributed by atoms with Crippen molar-refractivity contribution in [2.24, 2.45) is 0 Å². The number of hydrogen-bond acceptors (Lipinski definition) is 5. The number of rotatable bonds is 6. The first-order valence-electron chi connectivity index (χ1n) is 7.25. The molecule has 0 bridgehead atoms. The largest absolute Gasteiger partial charge is 0.497 e. The van der Waals surface area contributed by atoms with E-state index in [0.717, 1.165) is 6.07 Å². The van der Waals surface area contributed by atoms with Gasteiger partial charge in [0, 0.05) is 5.56 Å². The number of esters is 1. The number of halogens is 1. The summed E-state index contributed by atoms with van der Waals surface area (Å²) in [6.45, 7) is -0.579. The summed E-state index contributed by atoms with van der Waals surface area (Å²) in [6, 6.07) is 13.5. The first-order valence-corrected chi connectivity index (χ1v) is 7.25. The zero-order valence-electron chi connectivity index (χ0n) is 13.4. The number of hydrogen-bond donors (Lipinski definition) is 0. The van der Waals surface area contributed by atoms with E-state index in [9.17, 15) is 14.0 Å². The number of methoxy groups -OCH3 is 1. The number of benzene rings is 2. The van der Waals surface area contributed by atoms with Gasteiger partial charge in [-0.05, 0) is 35.9 Å². The van der Waals surface area contributed by atoms with E-state index in [1.807, 2.05) is 0 Å². The molecule has 0 aliphatic heterocycles. The molecule has 0 atom stereocenters. The highest BCUT2D eigenvalue weighted by Crippen LogP contribution is 2.14. The summed E-state index contributed by atoms with van der Waals surface area (Å²) >= 11 is 0. The molecule has 0 spiro atoms. The monoisotopic (exact) mass is 339 g/mol. The van der Waals surface area contributed by atoms with Crippen molar-refractivity contribution in [3.05, 3.63) is 71.0 Å². The van der Waals surface area contributed by atoms with Gasteiger partial charge < -0.3 is 9.47 Å². The lowest BCUT2D eigenvalue weighted by atomic mass is 10.1. The first kappa shape index (κ1) is 17.9. The van der Waals surface area contributed by atoms with Gasteiger partial charge in [0.1, 0.15) is 23.2 Å². The first-order chi connectivity index (χ1) is 12.0. The van der Waals surface area contributed by atoms with Crippen molar-refractivity contribution in [2.45, 2.75) is 0 Å². The number of nitrogens with zero attached hydrogens (tertiary/aromatic N) is 1. The van der Waals surface area contributed by atoms with E-state index in [2.05, 4.69) is 0 Å². The van der Waals surface area contributed by atoms with Gasteiger partial charge in [0.25, 0.3) is 0 Å². The maximum Gasteiger partial charge on any atom is 0.349 e. The average Bonchev–Trinajstić information content (AvgIpc) is 2.64. The molecule has 2 rings (SSSR count). The molecule has 0 aliphatic carbocycles. The van der Waals surface area contributed by atoms with E-state index in [4.69, 9.17) is 14.7 Å². The van der Waals surface area contributed by atoms with Gasteiger partial charge >= 0.3 is 5.97 Å².